The van der Waals surface area contributed by atoms with Gasteiger partial charge in [0.1, 0.15) is 16.5 Å². The van der Waals surface area contributed by atoms with Gasteiger partial charge in [0.25, 0.3) is 0 Å². The van der Waals surface area contributed by atoms with Crippen LogP contribution in [0.3, 0.4) is 0 Å². The lowest BCUT2D eigenvalue weighted by molar-refractivity contribution is 0.251. The maximum absolute atomic E-state index is 12.9. The summed E-state index contributed by atoms with van der Waals surface area (Å²) in [6, 6.07) is 7.59. The van der Waals surface area contributed by atoms with Gasteiger partial charge in [0, 0.05) is 28.6 Å². The van der Waals surface area contributed by atoms with Crippen LogP contribution in [0.25, 0.3) is 0 Å². The van der Waals surface area contributed by atoms with Crippen LogP contribution < -0.4 is 20.1 Å². The van der Waals surface area contributed by atoms with Gasteiger partial charge < -0.3 is 20.1 Å². The molecule has 2 N–H and O–H groups in total. The highest BCUT2D eigenvalue weighted by Crippen LogP contribution is 2.35. The number of hydrogen-bond acceptors (Lipinski definition) is 6. The molecule has 8 heteroatoms. The molecule has 0 saturated heterocycles. The number of unbranched alkanes of at least 4 members (excludes halogenated alkanes) is 2. The highest BCUT2D eigenvalue weighted by atomic mass is 32.2. The Hall–Kier alpha value is -2.06. The molecule has 1 unspecified atom stereocenters. The predicted octanol–water partition coefficient (Wildman–Crippen LogP) is 6.34. The number of carbonyl (C=O) groups excluding carboxylic acids is 1. The van der Waals surface area contributed by atoms with E-state index in [9.17, 15) is 4.79 Å². The molecule has 32 heavy (non-hydrogen) atoms. The number of anilines is 1. The van der Waals surface area contributed by atoms with E-state index in [2.05, 4.69) is 22.5 Å². The topological polar surface area (TPSA) is 72.5 Å². The van der Waals surface area contributed by atoms with Gasteiger partial charge >= 0.3 is 6.03 Å². The lowest BCUT2D eigenvalue weighted by Gasteiger charge is -2.22. The van der Waals surface area contributed by atoms with Gasteiger partial charge in [-0.05, 0) is 50.1 Å². The molecule has 2 aromatic rings. The first kappa shape index (κ1) is 26.2. The summed E-state index contributed by atoms with van der Waals surface area (Å²) in [5, 5.41) is 6.91. The van der Waals surface area contributed by atoms with E-state index < -0.39 is 0 Å². The van der Waals surface area contributed by atoms with Crippen molar-refractivity contribution in [3.05, 3.63) is 35.5 Å². The monoisotopic (exact) mass is 477 g/mol. The standard InChI is InChI=1S/C24H35N3O3S2/c1-7-8-9-10-17(19-14-18(29-3)11-12-20(19)30-4)15-25-24(28)27-22-21(31-5)13-16(2)26-23(22)32-6/h11-14,17H,7-10,15H2,1-6H3,(H2,25,27,28). The second kappa shape index (κ2) is 13.5. The zero-order valence-corrected chi connectivity index (χ0v) is 21.5. The SMILES string of the molecule is CCCCCC(CNC(=O)Nc1c(SC)cc(C)nc1SC)c1cc(OC)ccc1OC. The van der Waals surface area contributed by atoms with E-state index in [1.807, 2.05) is 43.7 Å². The van der Waals surface area contributed by atoms with E-state index in [0.717, 1.165) is 64.0 Å². The van der Waals surface area contributed by atoms with Gasteiger partial charge in [-0.1, -0.05) is 26.2 Å². The number of thioether (sulfide) groups is 2. The Balaban J connectivity index is 2.19. The van der Waals surface area contributed by atoms with Crippen molar-refractivity contribution in [3.8, 4) is 11.5 Å². The van der Waals surface area contributed by atoms with Gasteiger partial charge in [-0.3, -0.25) is 0 Å². The number of pyridine rings is 1. The van der Waals surface area contributed by atoms with Crippen LogP contribution >= 0.6 is 23.5 Å². The maximum Gasteiger partial charge on any atom is 0.319 e. The van der Waals surface area contributed by atoms with Gasteiger partial charge in [0.2, 0.25) is 0 Å². The Bertz CT molecular complexity index is 868. The van der Waals surface area contributed by atoms with Crippen molar-refractivity contribution in [1.82, 2.24) is 10.3 Å². The van der Waals surface area contributed by atoms with Gasteiger partial charge in [0.05, 0.1) is 19.9 Å². The molecule has 1 aromatic heterocycles. The van der Waals surface area contributed by atoms with Crippen molar-refractivity contribution in [1.29, 1.82) is 0 Å². The number of amides is 2. The number of hydrogen-bond donors (Lipinski definition) is 2. The lowest BCUT2D eigenvalue weighted by atomic mass is 9.92. The van der Waals surface area contributed by atoms with Crippen molar-refractivity contribution in [2.24, 2.45) is 0 Å². The largest absolute Gasteiger partial charge is 0.497 e. The molecule has 0 saturated carbocycles. The quantitative estimate of drug-likeness (QED) is 0.275. The van der Waals surface area contributed by atoms with E-state index in [1.165, 1.54) is 11.8 Å². The highest BCUT2D eigenvalue weighted by molar-refractivity contribution is 7.99. The zero-order valence-electron chi connectivity index (χ0n) is 19.9. The van der Waals surface area contributed by atoms with Crippen LogP contribution in [-0.4, -0.2) is 44.3 Å². The number of methoxy groups -OCH3 is 2. The third-order valence-corrected chi connectivity index (χ3v) is 6.72. The molecule has 1 aromatic carbocycles. The molecule has 0 aliphatic carbocycles. The van der Waals surface area contributed by atoms with Crippen molar-refractivity contribution in [3.63, 3.8) is 0 Å². The third kappa shape index (κ3) is 7.24. The average molecular weight is 478 g/mol. The summed E-state index contributed by atoms with van der Waals surface area (Å²) in [4.78, 5) is 18.4. The molecule has 6 nitrogen and oxygen atoms in total. The minimum atomic E-state index is -0.233. The summed E-state index contributed by atoms with van der Waals surface area (Å²) in [5.41, 5.74) is 2.75. The van der Waals surface area contributed by atoms with Crippen LogP contribution in [0.15, 0.2) is 34.2 Å². The molecule has 0 spiro atoms. The molecule has 0 radical (unpaired) electrons. The number of nitrogens with zero attached hydrogens (tertiary/aromatic N) is 1. The number of aryl methyl sites for hydroxylation is 1. The van der Waals surface area contributed by atoms with E-state index in [4.69, 9.17) is 9.47 Å². The smallest absolute Gasteiger partial charge is 0.319 e. The summed E-state index contributed by atoms with van der Waals surface area (Å²) in [6.45, 7) is 4.66. The number of benzene rings is 1. The Labute approximate surface area is 200 Å². The predicted molar refractivity (Wildman–Crippen MR) is 136 cm³/mol. The molecule has 2 amide bonds. The fourth-order valence-corrected chi connectivity index (χ4v) is 4.88. The maximum atomic E-state index is 12.9. The van der Waals surface area contributed by atoms with Crippen LogP contribution in [0.2, 0.25) is 0 Å². The molecule has 176 valence electrons. The fraction of sp³-hybridized carbons (Fsp3) is 0.500. The number of nitrogens with one attached hydrogen (secondary N) is 2. The van der Waals surface area contributed by atoms with Crippen molar-refractivity contribution in [2.45, 2.75) is 55.4 Å². The Morgan fingerprint density at radius 3 is 2.53 bits per heavy atom. The first-order valence-corrected chi connectivity index (χ1v) is 13.3. The number of ether oxygens (including phenoxy) is 2. The summed E-state index contributed by atoms with van der Waals surface area (Å²) >= 11 is 3.13. The van der Waals surface area contributed by atoms with Gasteiger partial charge in [0.15, 0.2) is 0 Å². The Morgan fingerprint density at radius 2 is 1.91 bits per heavy atom. The van der Waals surface area contributed by atoms with E-state index in [1.54, 1.807) is 26.0 Å². The minimum Gasteiger partial charge on any atom is -0.497 e. The van der Waals surface area contributed by atoms with E-state index in [0.29, 0.717) is 6.54 Å². The molecular formula is C24H35N3O3S2. The first-order valence-electron chi connectivity index (χ1n) is 10.8. The summed E-state index contributed by atoms with van der Waals surface area (Å²) in [7, 11) is 3.33. The van der Waals surface area contributed by atoms with Crippen LogP contribution in [-0.2, 0) is 0 Å². The van der Waals surface area contributed by atoms with E-state index >= 15 is 0 Å². The van der Waals surface area contributed by atoms with Gasteiger partial charge in [-0.2, -0.15) is 0 Å². The van der Waals surface area contributed by atoms with Crippen LogP contribution in [0.1, 0.15) is 49.8 Å². The van der Waals surface area contributed by atoms with Crippen LogP contribution in [0, 0.1) is 6.92 Å². The summed E-state index contributed by atoms with van der Waals surface area (Å²) in [5.74, 6) is 1.71. The molecule has 2 rings (SSSR count). The Kier molecular flexibility index (Phi) is 11.0. The molecule has 0 aliphatic rings. The molecule has 1 atom stereocenters. The van der Waals surface area contributed by atoms with Crippen LogP contribution in [0.5, 0.6) is 11.5 Å². The number of urea groups is 1. The van der Waals surface area contributed by atoms with Gasteiger partial charge in [-0.15, -0.1) is 23.5 Å². The molecule has 0 bridgehead atoms. The average Bonchev–Trinajstić information content (AvgIpc) is 2.81. The zero-order chi connectivity index (χ0) is 23.5. The Morgan fingerprint density at radius 1 is 1.12 bits per heavy atom. The molecule has 0 aliphatic heterocycles. The van der Waals surface area contributed by atoms with Crippen molar-refractivity contribution in [2.75, 3.05) is 38.6 Å². The minimum absolute atomic E-state index is 0.119. The second-order valence-electron chi connectivity index (χ2n) is 7.49. The molecule has 1 heterocycles. The molecular weight excluding hydrogens is 442 g/mol. The number of aromatic nitrogens is 1. The molecule has 0 fully saturated rings. The summed E-state index contributed by atoms with van der Waals surface area (Å²) < 4.78 is 11.0. The van der Waals surface area contributed by atoms with Crippen molar-refractivity contribution < 1.29 is 14.3 Å². The van der Waals surface area contributed by atoms with Crippen LogP contribution in [0.4, 0.5) is 10.5 Å². The first-order chi connectivity index (χ1) is 15.5. The van der Waals surface area contributed by atoms with Gasteiger partial charge in [-0.25, -0.2) is 9.78 Å². The second-order valence-corrected chi connectivity index (χ2v) is 9.13. The summed E-state index contributed by atoms with van der Waals surface area (Å²) in [6.07, 6.45) is 8.30. The lowest BCUT2D eigenvalue weighted by Crippen LogP contribution is -2.33. The third-order valence-electron chi connectivity index (χ3n) is 5.27. The fourth-order valence-electron chi connectivity index (χ4n) is 3.58. The van der Waals surface area contributed by atoms with E-state index in [-0.39, 0.29) is 11.9 Å². The normalized spacial score (nSPS) is 11.7. The highest BCUT2D eigenvalue weighted by Gasteiger charge is 2.19. The number of carbonyl (C=O) groups is 1. The number of rotatable bonds is 12. The van der Waals surface area contributed by atoms with Crippen molar-refractivity contribution >= 4 is 35.2 Å².